The fourth-order valence-corrected chi connectivity index (χ4v) is 1.49. The molecule has 94 valence electrons. The summed E-state index contributed by atoms with van der Waals surface area (Å²) in [4.78, 5) is 15.3. The maximum atomic E-state index is 11.4. The first kappa shape index (κ1) is 12.1. The number of rotatable bonds is 3. The van der Waals surface area contributed by atoms with Crippen LogP contribution in [-0.2, 0) is 7.05 Å². The number of ether oxygens (including phenoxy) is 1. The Kier molecular flexibility index (Phi) is 3.27. The summed E-state index contributed by atoms with van der Waals surface area (Å²) in [5.74, 6) is 1.23. The van der Waals surface area contributed by atoms with Crippen LogP contribution >= 0.6 is 0 Å². The highest BCUT2D eigenvalue weighted by molar-refractivity contribution is 5.58. The lowest BCUT2D eigenvalue weighted by molar-refractivity contribution is 0.415. The quantitative estimate of drug-likeness (QED) is 0.882. The molecule has 0 fully saturated rings. The van der Waals surface area contributed by atoms with Gasteiger partial charge >= 0.3 is 5.69 Å². The van der Waals surface area contributed by atoms with Gasteiger partial charge in [-0.3, -0.25) is 0 Å². The van der Waals surface area contributed by atoms with E-state index in [9.17, 15) is 4.79 Å². The van der Waals surface area contributed by atoms with Gasteiger partial charge in [0.1, 0.15) is 11.4 Å². The van der Waals surface area contributed by atoms with E-state index >= 15 is 0 Å². The normalized spacial score (nSPS) is 10.2. The van der Waals surface area contributed by atoms with Crippen molar-refractivity contribution < 1.29 is 4.74 Å². The summed E-state index contributed by atoms with van der Waals surface area (Å²) in [5.41, 5.74) is 1.09. The third-order valence-corrected chi connectivity index (χ3v) is 2.48. The molecule has 18 heavy (non-hydrogen) atoms. The summed E-state index contributed by atoms with van der Waals surface area (Å²) in [7, 11) is 3.18. The van der Waals surface area contributed by atoms with E-state index in [2.05, 4.69) is 15.4 Å². The Morgan fingerprint density at radius 2 is 1.94 bits per heavy atom. The number of benzene rings is 1. The topological polar surface area (TPSA) is 69.0 Å². The van der Waals surface area contributed by atoms with Crippen molar-refractivity contribution in [3.8, 4) is 5.75 Å². The molecule has 0 saturated carbocycles. The SMILES string of the molecule is COc1ccc(Nc2nc(=O)n(C)nc2C)cc1. The van der Waals surface area contributed by atoms with E-state index in [1.54, 1.807) is 21.1 Å². The first-order valence-electron chi connectivity index (χ1n) is 5.43. The highest BCUT2D eigenvalue weighted by atomic mass is 16.5. The number of hydrogen-bond acceptors (Lipinski definition) is 5. The van der Waals surface area contributed by atoms with Crippen LogP contribution < -0.4 is 15.7 Å². The third kappa shape index (κ3) is 2.48. The molecule has 0 atom stereocenters. The van der Waals surface area contributed by atoms with Crippen molar-refractivity contribution in [1.82, 2.24) is 14.8 Å². The molecule has 0 unspecified atom stereocenters. The number of aromatic nitrogens is 3. The number of aryl methyl sites for hydroxylation is 2. The molecular weight excluding hydrogens is 232 g/mol. The molecule has 1 aromatic carbocycles. The van der Waals surface area contributed by atoms with Crippen LogP contribution in [0, 0.1) is 6.92 Å². The molecule has 0 aliphatic rings. The van der Waals surface area contributed by atoms with Crippen molar-refractivity contribution in [1.29, 1.82) is 0 Å². The average Bonchev–Trinajstić information content (AvgIpc) is 2.37. The van der Waals surface area contributed by atoms with Gasteiger partial charge in [-0.05, 0) is 31.2 Å². The van der Waals surface area contributed by atoms with Gasteiger partial charge in [0, 0.05) is 12.7 Å². The zero-order valence-corrected chi connectivity index (χ0v) is 10.5. The minimum Gasteiger partial charge on any atom is -0.497 e. The van der Waals surface area contributed by atoms with E-state index in [1.165, 1.54) is 4.68 Å². The van der Waals surface area contributed by atoms with E-state index in [-0.39, 0.29) is 0 Å². The van der Waals surface area contributed by atoms with Gasteiger partial charge in [0.05, 0.1) is 7.11 Å². The number of anilines is 2. The maximum Gasteiger partial charge on any atom is 0.365 e. The first-order chi connectivity index (χ1) is 8.60. The highest BCUT2D eigenvalue weighted by Gasteiger charge is 2.05. The second-order valence-electron chi connectivity index (χ2n) is 3.81. The Morgan fingerprint density at radius 3 is 2.56 bits per heavy atom. The molecule has 0 spiro atoms. The molecule has 6 nitrogen and oxygen atoms in total. The predicted molar refractivity (Wildman–Crippen MR) is 68.3 cm³/mol. The fourth-order valence-electron chi connectivity index (χ4n) is 1.49. The minimum absolute atomic E-state index is 0.392. The molecule has 0 bridgehead atoms. The van der Waals surface area contributed by atoms with Gasteiger partial charge in [0.15, 0.2) is 5.82 Å². The van der Waals surface area contributed by atoms with E-state index in [0.717, 1.165) is 11.4 Å². The largest absolute Gasteiger partial charge is 0.497 e. The Bertz CT molecular complexity index is 604. The van der Waals surface area contributed by atoms with Crippen molar-refractivity contribution in [2.75, 3.05) is 12.4 Å². The molecule has 0 amide bonds. The summed E-state index contributed by atoms with van der Waals surface area (Å²) < 4.78 is 6.27. The van der Waals surface area contributed by atoms with Crippen LogP contribution in [0.1, 0.15) is 5.69 Å². The van der Waals surface area contributed by atoms with Crippen molar-refractivity contribution in [3.05, 3.63) is 40.4 Å². The molecule has 2 aromatic rings. The fraction of sp³-hybridized carbons (Fsp3) is 0.250. The summed E-state index contributed by atoms with van der Waals surface area (Å²) in [5, 5.41) is 7.11. The van der Waals surface area contributed by atoms with E-state index in [0.29, 0.717) is 11.5 Å². The molecule has 0 aliphatic carbocycles. The Balaban J connectivity index is 2.28. The monoisotopic (exact) mass is 246 g/mol. The van der Waals surface area contributed by atoms with Gasteiger partial charge in [0.2, 0.25) is 0 Å². The zero-order valence-electron chi connectivity index (χ0n) is 10.5. The number of methoxy groups -OCH3 is 1. The second-order valence-corrected chi connectivity index (χ2v) is 3.81. The molecule has 2 rings (SSSR count). The highest BCUT2D eigenvalue weighted by Crippen LogP contribution is 2.18. The van der Waals surface area contributed by atoms with E-state index in [1.807, 2.05) is 24.3 Å². The number of nitrogens with one attached hydrogen (secondary N) is 1. The van der Waals surface area contributed by atoms with Crippen LogP contribution in [0.2, 0.25) is 0 Å². The van der Waals surface area contributed by atoms with Crippen LogP contribution in [0.15, 0.2) is 29.1 Å². The lowest BCUT2D eigenvalue weighted by Crippen LogP contribution is -2.24. The lowest BCUT2D eigenvalue weighted by atomic mass is 10.3. The van der Waals surface area contributed by atoms with Crippen molar-refractivity contribution >= 4 is 11.5 Å². The van der Waals surface area contributed by atoms with Crippen LogP contribution in [0.5, 0.6) is 5.75 Å². The first-order valence-corrected chi connectivity index (χ1v) is 5.43. The van der Waals surface area contributed by atoms with Crippen LogP contribution in [0.4, 0.5) is 11.5 Å². The molecule has 1 heterocycles. The molecule has 0 radical (unpaired) electrons. The zero-order chi connectivity index (χ0) is 13.1. The Labute approximate surface area is 104 Å². The maximum absolute atomic E-state index is 11.4. The molecule has 1 N–H and O–H groups in total. The van der Waals surface area contributed by atoms with E-state index in [4.69, 9.17) is 4.74 Å². The molecule has 0 aliphatic heterocycles. The van der Waals surface area contributed by atoms with Crippen molar-refractivity contribution in [2.45, 2.75) is 6.92 Å². The summed E-state index contributed by atoms with van der Waals surface area (Å²) in [6.07, 6.45) is 0. The Morgan fingerprint density at radius 1 is 1.28 bits per heavy atom. The average molecular weight is 246 g/mol. The minimum atomic E-state index is -0.392. The second kappa shape index (κ2) is 4.87. The van der Waals surface area contributed by atoms with Crippen LogP contribution in [0.25, 0.3) is 0 Å². The summed E-state index contributed by atoms with van der Waals surface area (Å²) >= 11 is 0. The van der Waals surface area contributed by atoms with E-state index < -0.39 is 5.69 Å². The molecule has 6 heteroatoms. The number of nitrogens with zero attached hydrogens (tertiary/aromatic N) is 3. The lowest BCUT2D eigenvalue weighted by Gasteiger charge is -2.08. The molecular formula is C12H14N4O2. The van der Waals surface area contributed by atoms with Gasteiger partial charge in [0.25, 0.3) is 0 Å². The Hall–Kier alpha value is -2.37. The van der Waals surface area contributed by atoms with Crippen LogP contribution in [0.3, 0.4) is 0 Å². The van der Waals surface area contributed by atoms with Gasteiger partial charge < -0.3 is 10.1 Å². The standard InChI is InChI=1S/C12H14N4O2/c1-8-11(14-12(17)16(2)15-8)13-9-4-6-10(18-3)7-5-9/h4-7H,1-3H3,(H,13,14,17). The number of hydrogen-bond donors (Lipinski definition) is 1. The molecule has 1 aromatic heterocycles. The van der Waals surface area contributed by atoms with Gasteiger partial charge in [-0.15, -0.1) is 0 Å². The third-order valence-electron chi connectivity index (χ3n) is 2.48. The summed E-state index contributed by atoms with van der Waals surface area (Å²) in [6.45, 7) is 1.79. The van der Waals surface area contributed by atoms with Crippen LogP contribution in [-0.4, -0.2) is 21.9 Å². The predicted octanol–water partition coefficient (Wildman–Crippen LogP) is 1.24. The smallest absolute Gasteiger partial charge is 0.365 e. The van der Waals surface area contributed by atoms with Crippen molar-refractivity contribution in [3.63, 3.8) is 0 Å². The van der Waals surface area contributed by atoms with Gasteiger partial charge in [-0.2, -0.15) is 10.1 Å². The van der Waals surface area contributed by atoms with Gasteiger partial charge in [-0.25, -0.2) is 9.48 Å². The summed E-state index contributed by atoms with van der Waals surface area (Å²) in [6, 6.07) is 7.34. The molecule has 0 saturated heterocycles. The van der Waals surface area contributed by atoms with Gasteiger partial charge in [-0.1, -0.05) is 0 Å². The van der Waals surface area contributed by atoms with Crippen molar-refractivity contribution in [2.24, 2.45) is 7.05 Å².